The molecule has 0 aliphatic heterocycles. The second-order valence-corrected chi connectivity index (χ2v) is 1.80. The zero-order chi connectivity index (χ0) is 7.89. The van der Waals surface area contributed by atoms with Gasteiger partial charge < -0.3 is 10.8 Å². The summed E-state index contributed by atoms with van der Waals surface area (Å²) in [6.45, 7) is 0. The molecule has 52 valence electrons. The van der Waals surface area contributed by atoms with E-state index in [1.165, 1.54) is 0 Å². The predicted octanol–water partition coefficient (Wildman–Crippen LogP) is -1.95. The van der Waals surface area contributed by atoms with Crippen LogP contribution in [0.5, 0.6) is 5.75 Å². The normalized spacial score (nSPS) is 10.0. The molecule has 0 bridgehead atoms. The van der Waals surface area contributed by atoms with Crippen molar-refractivity contribution >= 4 is 5.69 Å². The lowest BCUT2D eigenvalue weighted by Gasteiger charge is -1.80. The molecule has 0 saturated heterocycles. The largest absolute Gasteiger partial charge is 0.504 e. The molecule has 5 heteroatoms. The first kappa shape index (κ1) is 6.47. The lowest BCUT2D eigenvalue weighted by Crippen LogP contribution is -2.30. The molecule has 0 atom stereocenters. The first-order valence-corrected chi connectivity index (χ1v) is 2.42. The third kappa shape index (κ3) is 0.540. The molecule has 4 N–H and O–H groups in total. The summed E-state index contributed by atoms with van der Waals surface area (Å²) in [7, 11) is 0. The van der Waals surface area contributed by atoms with Crippen molar-refractivity contribution in [2.75, 3.05) is 5.73 Å². The van der Waals surface area contributed by atoms with Gasteiger partial charge in [0.25, 0.3) is 10.9 Å². The van der Waals surface area contributed by atoms with Gasteiger partial charge in [0.1, 0.15) is 5.69 Å². The third-order valence-corrected chi connectivity index (χ3v) is 1.17. The van der Waals surface area contributed by atoms with Crippen LogP contribution in [0.2, 0.25) is 0 Å². The van der Waals surface area contributed by atoms with Gasteiger partial charge in [-0.05, 0) is 0 Å². The minimum Gasteiger partial charge on any atom is -0.504 e. The van der Waals surface area contributed by atoms with E-state index < -0.39 is 27.7 Å². The molecule has 1 aromatic carbocycles. The van der Waals surface area contributed by atoms with E-state index in [1.807, 2.05) is 0 Å². The molecule has 0 aliphatic carbocycles. The summed E-state index contributed by atoms with van der Waals surface area (Å²) >= 11 is 0. The zero-order valence-corrected chi connectivity index (χ0v) is 4.84. The molecule has 1 aromatic rings. The summed E-state index contributed by atoms with van der Waals surface area (Å²) in [6.07, 6.45) is 0. The molecule has 0 aliphatic rings. The molecule has 1 rings (SSSR count). The summed E-state index contributed by atoms with van der Waals surface area (Å²) in [5.74, 6) is -0.713. The average Bonchev–Trinajstić information content (AvgIpc) is 2.07. The lowest BCUT2D eigenvalue weighted by molar-refractivity contribution is 0.471. The maximum absolute atomic E-state index is 10.5. The van der Waals surface area contributed by atoms with E-state index in [0.717, 1.165) is 0 Å². The van der Waals surface area contributed by atoms with Crippen molar-refractivity contribution in [1.29, 1.82) is 5.41 Å². The minimum atomic E-state index is -1.05. The van der Waals surface area contributed by atoms with Crippen molar-refractivity contribution in [3.8, 4) is 5.75 Å². The third-order valence-electron chi connectivity index (χ3n) is 1.17. The van der Waals surface area contributed by atoms with E-state index in [4.69, 9.17) is 16.2 Å². The number of nitrogens with one attached hydrogen (secondary N) is 1. The maximum atomic E-state index is 10.5. The summed E-state index contributed by atoms with van der Waals surface area (Å²) in [5.41, 5.74) is 2.34. The van der Waals surface area contributed by atoms with Crippen LogP contribution in [-0.4, -0.2) is 5.11 Å². The van der Waals surface area contributed by atoms with Gasteiger partial charge >= 0.3 is 0 Å². The Hall–Kier alpha value is -1.65. The lowest BCUT2D eigenvalue weighted by atomic mass is 10.5. The molecule has 0 fully saturated rings. The number of hydrogen-bond donors (Lipinski definition) is 3. The van der Waals surface area contributed by atoms with Crippen LogP contribution in [-0.2, 0) is 0 Å². The van der Waals surface area contributed by atoms with Gasteiger partial charge in [0.15, 0.2) is 11.1 Å². The van der Waals surface area contributed by atoms with Gasteiger partial charge in [-0.1, -0.05) is 0 Å². The highest BCUT2D eigenvalue weighted by Crippen LogP contribution is 2.03. The van der Waals surface area contributed by atoms with Crippen LogP contribution in [0, 0.1) is 5.41 Å². The van der Waals surface area contributed by atoms with E-state index in [1.54, 1.807) is 0 Å². The van der Waals surface area contributed by atoms with Crippen LogP contribution in [0.25, 0.3) is 0 Å². The van der Waals surface area contributed by atoms with E-state index in [2.05, 4.69) is 0 Å². The smallest absolute Gasteiger partial charge is 0.256 e. The summed E-state index contributed by atoms with van der Waals surface area (Å²) in [4.78, 5) is 21.0. The number of anilines is 1. The Bertz CT molecular complexity index is 363. The van der Waals surface area contributed by atoms with E-state index >= 15 is 0 Å². The van der Waals surface area contributed by atoms with Gasteiger partial charge in [-0.15, -0.1) is 0 Å². The summed E-state index contributed by atoms with van der Waals surface area (Å²) < 4.78 is 0. The number of rotatable bonds is 0. The first-order valence-electron chi connectivity index (χ1n) is 2.42. The first-order chi connectivity index (χ1) is 4.55. The zero-order valence-electron chi connectivity index (χ0n) is 4.84. The van der Waals surface area contributed by atoms with Gasteiger partial charge in [0.2, 0.25) is 0 Å². The van der Waals surface area contributed by atoms with Crippen molar-refractivity contribution < 1.29 is 5.11 Å². The van der Waals surface area contributed by atoms with Crippen LogP contribution >= 0.6 is 0 Å². The topological polar surface area (TPSA) is 104 Å². The number of aromatic hydroxyl groups is 1. The highest BCUT2D eigenvalue weighted by molar-refractivity contribution is 5.51. The number of nitrogen functional groups attached to an aromatic ring is 1. The molecule has 5 nitrogen and oxygen atoms in total. The van der Waals surface area contributed by atoms with Crippen LogP contribution in [0.3, 0.4) is 0 Å². The molecular weight excluding hydrogens is 136 g/mol. The van der Waals surface area contributed by atoms with Crippen LogP contribution in [0.15, 0.2) is 9.59 Å². The van der Waals surface area contributed by atoms with E-state index in [-0.39, 0.29) is 0 Å². The number of nitrogens with two attached hydrogens (primary N) is 1. The van der Waals surface area contributed by atoms with Gasteiger partial charge in [-0.3, -0.25) is 15.0 Å². The second-order valence-electron chi connectivity index (χ2n) is 1.80. The molecule has 0 unspecified atom stereocenters. The van der Waals surface area contributed by atoms with Crippen molar-refractivity contribution in [3.05, 3.63) is 25.8 Å². The Morgan fingerprint density at radius 2 is 1.80 bits per heavy atom. The molecular formula is C5H4N2O3. The highest BCUT2D eigenvalue weighted by Gasteiger charge is 2.11. The molecule has 0 saturated carbocycles. The van der Waals surface area contributed by atoms with Gasteiger partial charge in [-0.2, -0.15) is 0 Å². The van der Waals surface area contributed by atoms with Gasteiger partial charge in [0.05, 0.1) is 0 Å². The number of hydrogen-bond acceptors (Lipinski definition) is 5. The Labute approximate surface area is 54.6 Å². The Kier molecular flexibility index (Phi) is 1.08. The second kappa shape index (κ2) is 1.66. The fraction of sp³-hybridized carbons (Fsp3) is 0. The SMILES string of the molecule is N=c1c(O)c(N)c(=O)c1=O. The van der Waals surface area contributed by atoms with E-state index in [0.29, 0.717) is 0 Å². The predicted molar refractivity (Wildman–Crippen MR) is 33.3 cm³/mol. The quantitative estimate of drug-likeness (QED) is 0.364. The standard InChI is InChI=1S/C5H4N2O3/c6-1-3(8)2(7)5(10)4(1)9/h6,8H,7H2. The fourth-order valence-electron chi connectivity index (χ4n) is 0.586. The minimum absolute atomic E-state index is 0.532. The van der Waals surface area contributed by atoms with Crippen molar-refractivity contribution in [2.24, 2.45) is 0 Å². The molecule has 0 radical (unpaired) electrons. The molecule has 10 heavy (non-hydrogen) atoms. The van der Waals surface area contributed by atoms with Crippen LogP contribution < -0.4 is 21.9 Å². The fourth-order valence-corrected chi connectivity index (χ4v) is 0.586. The Balaban J connectivity index is 3.97. The van der Waals surface area contributed by atoms with Crippen LogP contribution in [0.4, 0.5) is 5.69 Å². The van der Waals surface area contributed by atoms with Crippen molar-refractivity contribution in [1.82, 2.24) is 0 Å². The average molecular weight is 140 g/mol. The van der Waals surface area contributed by atoms with Crippen molar-refractivity contribution in [2.45, 2.75) is 0 Å². The highest BCUT2D eigenvalue weighted by atomic mass is 16.3. The molecule has 0 spiro atoms. The van der Waals surface area contributed by atoms with Crippen LogP contribution in [0.1, 0.15) is 0 Å². The summed E-state index contributed by atoms with van der Waals surface area (Å²) in [6, 6.07) is 0. The van der Waals surface area contributed by atoms with Gasteiger partial charge in [-0.25, -0.2) is 0 Å². The molecule has 0 amide bonds. The summed E-state index contributed by atoms with van der Waals surface area (Å²) in [5, 5.41) is 14.7. The van der Waals surface area contributed by atoms with E-state index in [9.17, 15) is 9.59 Å². The van der Waals surface area contributed by atoms with Gasteiger partial charge in [0, 0.05) is 0 Å². The monoisotopic (exact) mass is 140 g/mol. The molecule has 0 aromatic heterocycles. The maximum Gasteiger partial charge on any atom is 0.256 e. The van der Waals surface area contributed by atoms with Crippen molar-refractivity contribution in [3.63, 3.8) is 0 Å². The molecule has 0 heterocycles. The Morgan fingerprint density at radius 1 is 1.30 bits per heavy atom. The Morgan fingerprint density at radius 3 is 1.90 bits per heavy atom.